The van der Waals surface area contributed by atoms with Gasteiger partial charge in [-0.05, 0) is 40.3 Å². The first-order valence-electron chi connectivity index (χ1n) is 6.95. The fourth-order valence-electron chi connectivity index (χ4n) is 2.74. The number of likely N-dealkylation sites (N-methyl/N-ethyl adjacent to an activating group) is 1. The monoisotopic (exact) mass is 264 g/mol. The molecule has 1 fully saturated rings. The van der Waals surface area contributed by atoms with Crippen LogP contribution < -0.4 is 0 Å². The Morgan fingerprint density at radius 1 is 1.47 bits per heavy atom. The Balaban J connectivity index is 2.17. The lowest BCUT2D eigenvalue weighted by Crippen LogP contribution is -2.48. The largest absolute Gasteiger partial charge is 0.334 e. The Morgan fingerprint density at radius 2 is 2.21 bits per heavy atom. The summed E-state index contributed by atoms with van der Waals surface area (Å²) in [5.41, 5.74) is 1.69. The van der Waals surface area contributed by atoms with Crippen LogP contribution in [0.2, 0.25) is 0 Å². The number of piperidine rings is 1. The second-order valence-corrected chi connectivity index (χ2v) is 5.68. The highest BCUT2D eigenvalue weighted by atomic mass is 16.2. The van der Waals surface area contributed by atoms with Gasteiger partial charge < -0.3 is 9.80 Å². The van der Waals surface area contributed by atoms with Gasteiger partial charge in [-0.1, -0.05) is 0 Å². The van der Waals surface area contributed by atoms with Gasteiger partial charge in [-0.25, -0.2) is 0 Å². The van der Waals surface area contributed by atoms with Crippen molar-refractivity contribution in [1.82, 2.24) is 19.6 Å². The molecule has 1 atom stereocenters. The SMILES string of the molecule is Cc1c(C(=O)N2CCCC[C@@H]2CN(C)C)cnn1C. The minimum Gasteiger partial charge on any atom is -0.334 e. The molecule has 2 heterocycles. The summed E-state index contributed by atoms with van der Waals surface area (Å²) < 4.78 is 1.76. The maximum absolute atomic E-state index is 12.7. The summed E-state index contributed by atoms with van der Waals surface area (Å²) >= 11 is 0. The van der Waals surface area contributed by atoms with Gasteiger partial charge in [0.05, 0.1) is 11.8 Å². The van der Waals surface area contributed by atoms with Gasteiger partial charge in [-0.2, -0.15) is 5.10 Å². The molecule has 106 valence electrons. The zero-order valence-electron chi connectivity index (χ0n) is 12.4. The lowest BCUT2D eigenvalue weighted by atomic mass is 10.0. The number of nitrogens with zero attached hydrogens (tertiary/aromatic N) is 4. The van der Waals surface area contributed by atoms with Crippen LogP contribution in [0, 0.1) is 6.92 Å². The molecule has 1 aromatic rings. The molecule has 0 aliphatic carbocycles. The molecule has 1 saturated heterocycles. The van der Waals surface area contributed by atoms with Crippen LogP contribution in [0.1, 0.15) is 35.3 Å². The van der Waals surface area contributed by atoms with E-state index < -0.39 is 0 Å². The van der Waals surface area contributed by atoms with Crippen LogP contribution in [-0.4, -0.2) is 58.7 Å². The average Bonchev–Trinajstić information content (AvgIpc) is 2.69. The van der Waals surface area contributed by atoms with Crippen LogP contribution >= 0.6 is 0 Å². The van der Waals surface area contributed by atoms with Crippen LogP contribution in [0.4, 0.5) is 0 Å². The highest BCUT2D eigenvalue weighted by Gasteiger charge is 2.29. The molecule has 0 bridgehead atoms. The molecule has 2 rings (SSSR count). The van der Waals surface area contributed by atoms with Crippen molar-refractivity contribution in [3.63, 3.8) is 0 Å². The Labute approximate surface area is 115 Å². The molecule has 0 aromatic carbocycles. The summed E-state index contributed by atoms with van der Waals surface area (Å²) in [6, 6.07) is 0.329. The Hall–Kier alpha value is -1.36. The van der Waals surface area contributed by atoms with Gasteiger partial charge in [0.25, 0.3) is 5.91 Å². The molecule has 19 heavy (non-hydrogen) atoms. The van der Waals surface area contributed by atoms with E-state index in [1.165, 1.54) is 6.42 Å². The van der Waals surface area contributed by atoms with E-state index in [-0.39, 0.29) is 5.91 Å². The van der Waals surface area contributed by atoms with Gasteiger partial charge in [0.2, 0.25) is 0 Å². The highest BCUT2D eigenvalue weighted by molar-refractivity contribution is 5.95. The third-order valence-electron chi connectivity index (χ3n) is 3.93. The molecule has 1 aliphatic heterocycles. The third-order valence-corrected chi connectivity index (χ3v) is 3.93. The molecule has 5 heteroatoms. The summed E-state index contributed by atoms with van der Waals surface area (Å²) in [6.45, 7) is 3.75. The van der Waals surface area contributed by atoms with E-state index in [1.807, 2.05) is 18.9 Å². The number of amides is 1. The molecule has 1 aliphatic rings. The normalized spacial score (nSPS) is 20.1. The van der Waals surface area contributed by atoms with Crippen molar-refractivity contribution in [2.24, 2.45) is 7.05 Å². The van der Waals surface area contributed by atoms with Gasteiger partial charge >= 0.3 is 0 Å². The molecule has 0 unspecified atom stereocenters. The lowest BCUT2D eigenvalue weighted by Gasteiger charge is -2.37. The first-order valence-corrected chi connectivity index (χ1v) is 6.95. The fraction of sp³-hybridized carbons (Fsp3) is 0.714. The standard InChI is InChI=1S/C14H24N4O/c1-11-13(9-15-17(11)4)14(19)18-8-6-5-7-12(18)10-16(2)3/h9,12H,5-8,10H2,1-4H3/t12-/m1/s1. The van der Waals surface area contributed by atoms with Gasteiger partial charge in [-0.15, -0.1) is 0 Å². The average molecular weight is 264 g/mol. The third kappa shape index (κ3) is 2.97. The van der Waals surface area contributed by atoms with Crippen LogP contribution in [-0.2, 0) is 7.05 Å². The lowest BCUT2D eigenvalue weighted by molar-refractivity contribution is 0.0574. The minimum absolute atomic E-state index is 0.136. The second-order valence-electron chi connectivity index (χ2n) is 5.68. The number of carbonyl (C=O) groups is 1. The number of aryl methyl sites for hydroxylation is 1. The predicted molar refractivity (Wildman–Crippen MR) is 75.2 cm³/mol. The maximum atomic E-state index is 12.7. The van der Waals surface area contributed by atoms with Crippen molar-refractivity contribution in [3.05, 3.63) is 17.5 Å². The van der Waals surface area contributed by atoms with Crippen molar-refractivity contribution >= 4 is 5.91 Å². The van der Waals surface area contributed by atoms with Crippen molar-refractivity contribution in [2.45, 2.75) is 32.2 Å². The second kappa shape index (κ2) is 5.74. The zero-order chi connectivity index (χ0) is 14.0. The number of hydrogen-bond acceptors (Lipinski definition) is 3. The van der Waals surface area contributed by atoms with Gasteiger partial charge in [-0.3, -0.25) is 9.48 Å². The first-order chi connectivity index (χ1) is 9.00. The zero-order valence-corrected chi connectivity index (χ0v) is 12.4. The summed E-state index contributed by atoms with van der Waals surface area (Å²) in [7, 11) is 6.00. The number of likely N-dealkylation sites (tertiary alicyclic amines) is 1. The molecular weight excluding hydrogens is 240 g/mol. The number of aromatic nitrogens is 2. The molecule has 1 aromatic heterocycles. The maximum Gasteiger partial charge on any atom is 0.257 e. The van der Waals surface area contributed by atoms with E-state index >= 15 is 0 Å². The molecule has 1 amide bonds. The van der Waals surface area contributed by atoms with E-state index in [0.29, 0.717) is 6.04 Å². The van der Waals surface area contributed by atoms with E-state index in [0.717, 1.165) is 37.2 Å². The molecular formula is C14H24N4O. The molecule has 0 N–H and O–H groups in total. The van der Waals surface area contributed by atoms with Crippen molar-refractivity contribution in [3.8, 4) is 0 Å². The summed E-state index contributed by atoms with van der Waals surface area (Å²) in [5.74, 6) is 0.136. The molecule has 0 spiro atoms. The topological polar surface area (TPSA) is 41.4 Å². The van der Waals surface area contributed by atoms with Gasteiger partial charge in [0.1, 0.15) is 0 Å². The van der Waals surface area contributed by atoms with E-state index in [4.69, 9.17) is 0 Å². The smallest absolute Gasteiger partial charge is 0.257 e. The van der Waals surface area contributed by atoms with E-state index in [9.17, 15) is 4.79 Å². The van der Waals surface area contributed by atoms with Crippen LogP contribution in [0.25, 0.3) is 0 Å². The number of hydrogen-bond donors (Lipinski definition) is 0. The van der Waals surface area contributed by atoms with Crippen LogP contribution in [0.5, 0.6) is 0 Å². The quantitative estimate of drug-likeness (QED) is 0.826. The van der Waals surface area contributed by atoms with E-state index in [1.54, 1.807) is 10.9 Å². The number of carbonyl (C=O) groups excluding carboxylic acids is 1. The van der Waals surface area contributed by atoms with Gasteiger partial charge in [0, 0.05) is 31.9 Å². The summed E-state index contributed by atoms with van der Waals surface area (Å²) in [5, 5.41) is 4.18. The van der Waals surface area contributed by atoms with Crippen molar-refractivity contribution in [2.75, 3.05) is 27.2 Å². The van der Waals surface area contributed by atoms with Crippen LogP contribution in [0.3, 0.4) is 0 Å². The van der Waals surface area contributed by atoms with Crippen molar-refractivity contribution in [1.29, 1.82) is 0 Å². The molecule has 0 saturated carbocycles. The summed E-state index contributed by atoms with van der Waals surface area (Å²) in [4.78, 5) is 16.9. The van der Waals surface area contributed by atoms with Crippen molar-refractivity contribution < 1.29 is 4.79 Å². The van der Waals surface area contributed by atoms with E-state index in [2.05, 4.69) is 24.1 Å². The predicted octanol–water partition coefficient (Wildman–Crippen LogP) is 1.28. The van der Waals surface area contributed by atoms with Crippen LogP contribution in [0.15, 0.2) is 6.20 Å². The Kier molecular flexibility index (Phi) is 4.24. The Bertz CT molecular complexity index is 452. The minimum atomic E-state index is 0.136. The molecule has 5 nitrogen and oxygen atoms in total. The summed E-state index contributed by atoms with van der Waals surface area (Å²) in [6.07, 6.45) is 5.12. The van der Waals surface area contributed by atoms with Gasteiger partial charge in [0.15, 0.2) is 0 Å². The Morgan fingerprint density at radius 3 is 2.79 bits per heavy atom. The highest BCUT2D eigenvalue weighted by Crippen LogP contribution is 2.21. The first kappa shape index (κ1) is 14.1. The molecule has 0 radical (unpaired) electrons. The number of rotatable bonds is 3. The fourth-order valence-corrected chi connectivity index (χ4v) is 2.74.